The summed E-state index contributed by atoms with van der Waals surface area (Å²) in [6, 6.07) is 18.9. The highest BCUT2D eigenvalue weighted by Crippen LogP contribution is 2.00. The van der Waals surface area contributed by atoms with Crippen molar-refractivity contribution in [2.75, 3.05) is 0 Å². The summed E-state index contributed by atoms with van der Waals surface area (Å²) in [5, 5.41) is 1.13. The third-order valence-electron chi connectivity index (χ3n) is 2.22. The van der Waals surface area contributed by atoms with Crippen LogP contribution < -0.4 is 5.19 Å². The molecule has 80 valence electrons. The normalized spacial score (nSPS) is 10.5. The predicted octanol–water partition coefficient (Wildman–Crippen LogP) is 1.25. The molecule has 0 bridgehead atoms. The molecule has 0 saturated heterocycles. The fourth-order valence-corrected chi connectivity index (χ4v) is 2.31. The zero-order valence-electron chi connectivity index (χ0n) is 8.80. The highest BCUT2D eigenvalue weighted by atomic mass is 28.2. The van der Waals surface area contributed by atoms with E-state index in [9.17, 15) is 4.79 Å². The first-order valence-electron chi connectivity index (χ1n) is 5.12. The molecule has 0 aliphatic heterocycles. The van der Waals surface area contributed by atoms with Crippen molar-refractivity contribution in [2.24, 2.45) is 0 Å². The molecule has 0 radical (unpaired) electrons. The highest BCUT2D eigenvalue weighted by molar-refractivity contribution is 6.49. The lowest BCUT2D eigenvalue weighted by atomic mass is 10.2. The van der Waals surface area contributed by atoms with Crippen LogP contribution in [-0.2, 0) is 4.43 Å². The highest BCUT2D eigenvalue weighted by Gasteiger charge is 2.05. The third-order valence-corrected chi connectivity index (χ3v) is 3.43. The maximum Gasteiger partial charge on any atom is 0.324 e. The van der Waals surface area contributed by atoms with E-state index in [0.717, 1.165) is 5.19 Å². The van der Waals surface area contributed by atoms with Crippen LogP contribution in [0.2, 0.25) is 0 Å². The van der Waals surface area contributed by atoms with Gasteiger partial charge in [0.15, 0.2) is 0 Å². The fraction of sp³-hybridized carbons (Fsp3) is 0. The molecule has 16 heavy (non-hydrogen) atoms. The average Bonchev–Trinajstić information content (AvgIpc) is 2.38. The summed E-state index contributed by atoms with van der Waals surface area (Å²) in [6.45, 7) is 0. The van der Waals surface area contributed by atoms with Crippen molar-refractivity contribution in [3.8, 4) is 0 Å². The van der Waals surface area contributed by atoms with Gasteiger partial charge in [0.05, 0.1) is 5.56 Å². The van der Waals surface area contributed by atoms with Gasteiger partial charge in [0.1, 0.15) is 0 Å². The Morgan fingerprint density at radius 3 is 2.06 bits per heavy atom. The molecule has 0 atom stereocenters. The minimum atomic E-state index is -0.952. The lowest BCUT2D eigenvalue weighted by Crippen LogP contribution is -2.20. The van der Waals surface area contributed by atoms with Crippen molar-refractivity contribution in [1.82, 2.24) is 0 Å². The van der Waals surface area contributed by atoms with E-state index in [1.54, 1.807) is 12.1 Å². The molecule has 0 saturated carbocycles. The van der Waals surface area contributed by atoms with Crippen LogP contribution in [0.25, 0.3) is 0 Å². The Labute approximate surface area is 96.8 Å². The molecule has 0 N–H and O–H groups in total. The van der Waals surface area contributed by atoms with E-state index in [4.69, 9.17) is 4.43 Å². The van der Waals surface area contributed by atoms with Gasteiger partial charge >= 0.3 is 5.97 Å². The topological polar surface area (TPSA) is 26.3 Å². The summed E-state index contributed by atoms with van der Waals surface area (Å²) in [6.07, 6.45) is 0. The fourth-order valence-electron chi connectivity index (χ4n) is 1.38. The quantitative estimate of drug-likeness (QED) is 0.739. The van der Waals surface area contributed by atoms with Crippen molar-refractivity contribution in [2.45, 2.75) is 0 Å². The molecular formula is C13H12O2Si. The molecule has 0 unspecified atom stereocenters. The van der Waals surface area contributed by atoms with Gasteiger partial charge in [0.25, 0.3) is 9.76 Å². The number of carbonyl (C=O) groups excluding carboxylic acids is 1. The van der Waals surface area contributed by atoms with Gasteiger partial charge in [0.2, 0.25) is 0 Å². The Kier molecular flexibility index (Phi) is 3.51. The van der Waals surface area contributed by atoms with Gasteiger partial charge in [-0.15, -0.1) is 0 Å². The summed E-state index contributed by atoms with van der Waals surface area (Å²) >= 11 is 0. The van der Waals surface area contributed by atoms with Gasteiger partial charge in [-0.25, -0.2) is 4.79 Å². The van der Waals surface area contributed by atoms with Crippen LogP contribution in [0.4, 0.5) is 0 Å². The largest absolute Gasteiger partial charge is 0.517 e. The van der Waals surface area contributed by atoms with Crippen LogP contribution in [0.15, 0.2) is 60.7 Å². The van der Waals surface area contributed by atoms with Gasteiger partial charge in [-0.3, -0.25) is 0 Å². The number of rotatable bonds is 3. The Morgan fingerprint density at radius 2 is 1.44 bits per heavy atom. The van der Waals surface area contributed by atoms with Crippen molar-refractivity contribution in [3.63, 3.8) is 0 Å². The minimum Gasteiger partial charge on any atom is -0.517 e. The summed E-state index contributed by atoms with van der Waals surface area (Å²) in [7, 11) is -0.952. The lowest BCUT2D eigenvalue weighted by Gasteiger charge is -2.04. The van der Waals surface area contributed by atoms with Gasteiger partial charge in [-0.1, -0.05) is 48.5 Å². The summed E-state index contributed by atoms with van der Waals surface area (Å²) in [5.41, 5.74) is 0.617. The van der Waals surface area contributed by atoms with Crippen LogP contribution in [0, 0.1) is 0 Å². The monoisotopic (exact) mass is 228 g/mol. The average molecular weight is 228 g/mol. The van der Waals surface area contributed by atoms with Gasteiger partial charge < -0.3 is 4.43 Å². The minimum absolute atomic E-state index is 0.226. The Morgan fingerprint density at radius 1 is 0.875 bits per heavy atom. The molecule has 0 aliphatic rings. The van der Waals surface area contributed by atoms with Gasteiger partial charge in [-0.05, 0) is 17.3 Å². The van der Waals surface area contributed by atoms with E-state index in [2.05, 4.69) is 0 Å². The zero-order chi connectivity index (χ0) is 11.2. The summed E-state index contributed by atoms with van der Waals surface area (Å²) in [5.74, 6) is -0.226. The van der Waals surface area contributed by atoms with Crippen molar-refractivity contribution < 1.29 is 9.22 Å². The van der Waals surface area contributed by atoms with Gasteiger partial charge in [-0.2, -0.15) is 0 Å². The molecule has 0 fully saturated rings. The van der Waals surface area contributed by atoms with E-state index in [0.29, 0.717) is 5.56 Å². The molecule has 0 aliphatic carbocycles. The van der Waals surface area contributed by atoms with E-state index in [1.807, 2.05) is 48.5 Å². The zero-order valence-corrected chi connectivity index (χ0v) is 10.2. The molecule has 3 heteroatoms. The van der Waals surface area contributed by atoms with E-state index < -0.39 is 9.76 Å². The summed E-state index contributed by atoms with van der Waals surface area (Å²) in [4.78, 5) is 11.6. The van der Waals surface area contributed by atoms with Crippen LogP contribution in [0.3, 0.4) is 0 Å². The first-order valence-corrected chi connectivity index (χ1v) is 6.41. The van der Waals surface area contributed by atoms with E-state index in [-0.39, 0.29) is 5.97 Å². The van der Waals surface area contributed by atoms with Crippen LogP contribution >= 0.6 is 0 Å². The first kappa shape index (κ1) is 10.6. The molecule has 2 aromatic rings. The third kappa shape index (κ3) is 2.81. The Bertz CT molecular complexity index is 454. The van der Waals surface area contributed by atoms with Crippen molar-refractivity contribution in [1.29, 1.82) is 0 Å². The predicted molar refractivity (Wildman–Crippen MR) is 66.5 cm³/mol. The number of carbonyl (C=O) groups is 1. The molecule has 2 nitrogen and oxygen atoms in total. The first-order chi connectivity index (χ1) is 7.86. The second kappa shape index (κ2) is 5.28. The molecule has 0 heterocycles. The SMILES string of the molecule is O=C(O[SiH2]c1ccccc1)c1ccccc1. The van der Waals surface area contributed by atoms with Crippen LogP contribution in [0.1, 0.15) is 10.4 Å². The van der Waals surface area contributed by atoms with Crippen molar-refractivity contribution >= 4 is 20.9 Å². The second-order valence-corrected chi connectivity index (χ2v) is 4.82. The molecular weight excluding hydrogens is 216 g/mol. The standard InChI is InChI=1S/C13H12O2Si/c14-13(11-7-3-1-4-8-11)15-16-12-9-5-2-6-10-12/h1-10H,16H2. The number of hydrogen-bond donors (Lipinski definition) is 0. The summed E-state index contributed by atoms with van der Waals surface area (Å²) < 4.78 is 5.31. The Hall–Kier alpha value is -1.87. The van der Waals surface area contributed by atoms with E-state index >= 15 is 0 Å². The molecule has 2 aromatic carbocycles. The molecule has 0 spiro atoms. The van der Waals surface area contributed by atoms with Gasteiger partial charge in [0, 0.05) is 0 Å². The number of hydrogen-bond acceptors (Lipinski definition) is 2. The number of benzene rings is 2. The van der Waals surface area contributed by atoms with E-state index in [1.165, 1.54) is 0 Å². The maximum absolute atomic E-state index is 11.6. The smallest absolute Gasteiger partial charge is 0.324 e. The molecule has 0 amide bonds. The van der Waals surface area contributed by atoms with Crippen LogP contribution in [0.5, 0.6) is 0 Å². The second-order valence-electron chi connectivity index (χ2n) is 3.43. The van der Waals surface area contributed by atoms with Crippen LogP contribution in [-0.4, -0.2) is 15.7 Å². The Balaban J connectivity index is 1.95. The van der Waals surface area contributed by atoms with Crippen molar-refractivity contribution in [3.05, 3.63) is 66.2 Å². The lowest BCUT2D eigenvalue weighted by molar-refractivity contribution is 0.0744. The molecule has 2 rings (SSSR count). The maximum atomic E-state index is 11.6. The molecule has 0 aromatic heterocycles.